The Morgan fingerprint density at radius 2 is 1.90 bits per heavy atom. The summed E-state index contributed by atoms with van der Waals surface area (Å²) in [5.41, 5.74) is 4.99. The van der Waals surface area contributed by atoms with Crippen LogP contribution in [0.4, 0.5) is 5.69 Å². The molecule has 0 saturated heterocycles. The Morgan fingerprint density at radius 3 is 2.69 bits per heavy atom. The quantitative estimate of drug-likeness (QED) is 0.774. The van der Waals surface area contributed by atoms with E-state index in [9.17, 15) is 9.59 Å². The highest BCUT2D eigenvalue weighted by Gasteiger charge is 2.27. The summed E-state index contributed by atoms with van der Waals surface area (Å²) in [4.78, 5) is 28.5. The number of anilines is 1. The van der Waals surface area contributed by atoms with Gasteiger partial charge in [0.1, 0.15) is 0 Å². The molecule has 1 fully saturated rings. The Bertz CT molecular complexity index is 934. The van der Waals surface area contributed by atoms with Crippen molar-refractivity contribution >= 4 is 29.3 Å². The number of hydrogen-bond acceptors (Lipinski definition) is 3. The van der Waals surface area contributed by atoms with E-state index < -0.39 is 0 Å². The fourth-order valence-corrected chi connectivity index (χ4v) is 5.09. The van der Waals surface area contributed by atoms with Crippen LogP contribution in [0.3, 0.4) is 0 Å². The van der Waals surface area contributed by atoms with Crippen molar-refractivity contribution in [2.75, 3.05) is 10.7 Å². The Hall–Kier alpha value is -2.27. The van der Waals surface area contributed by atoms with E-state index in [-0.39, 0.29) is 17.9 Å². The molecule has 152 valence electrons. The lowest BCUT2D eigenvalue weighted by Crippen LogP contribution is -2.37. The van der Waals surface area contributed by atoms with Crippen molar-refractivity contribution in [3.05, 3.63) is 58.7 Å². The van der Waals surface area contributed by atoms with Crippen LogP contribution in [0.15, 0.2) is 41.3 Å². The largest absolute Gasteiger partial charge is 0.349 e. The van der Waals surface area contributed by atoms with Gasteiger partial charge in [0.25, 0.3) is 5.91 Å². The average Bonchev–Trinajstić information content (AvgIpc) is 2.73. The molecule has 1 heterocycles. The molecule has 29 heavy (non-hydrogen) atoms. The van der Waals surface area contributed by atoms with Gasteiger partial charge in [-0.15, -0.1) is 11.8 Å². The maximum Gasteiger partial charge on any atom is 0.251 e. The predicted octanol–water partition coefficient (Wildman–Crippen LogP) is 5.00. The molecule has 1 aliphatic carbocycles. The van der Waals surface area contributed by atoms with Gasteiger partial charge in [0.15, 0.2) is 0 Å². The summed E-state index contributed by atoms with van der Waals surface area (Å²) in [5, 5.41) is 3.19. The average molecular weight is 409 g/mol. The zero-order chi connectivity index (χ0) is 20.4. The van der Waals surface area contributed by atoms with Crippen molar-refractivity contribution < 1.29 is 9.59 Å². The lowest BCUT2D eigenvalue weighted by Gasteiger charge is -2.30. The number of hydrogen-bond donors (Lipinski definition) is 1. The highest BCUT2D eigenvalue weighted by Crippen LogP contribution is 2.37. The van der Waals surface area contributed by atoms with Crippen molar-refractivity contribution in [1.82, 2.24) is 5.32 Å². The Balaban J connectivity index is 1.59. The molecule has 5 heteroatoms. The van der Waals surface area contributed by atoms with Crippen LogP contribution in [-0.4, -0.2) is 23.6 Å². The molecule has 0 aromatic heterocycles. The van der Waals surface area contributed by atoms with Gasteiger partial charge in [0.2, 0.25) is 5.91 Å². The van der Waals surface area contributed by atoms with Gasteiger partial charge in [-0.25, -0.2) is 0 Å². The summed E-state index contributed by atoms with van der Waals surface area (Å²) in [7, 11) is 0. The van der Waals surface area contributed by atoms with Crippen LogP contribution in [0.5, 0.6) is 0 Å². The number of nitrogens with one attached hydrogen (secondary N) is 1. The summed E-state index contributed by atoms with van der Waals surface area (Å²) in [6.07, 6.45) is 5.75. The normalized spacial score (nSPS) is 17.2. The van der Waals surface area contributed by atoms with E-state index in [1.807, 2.05) is 23.1 Å². The first-order chi connectivity index (χ1) is 14.0. The van der Waals surface area contributed by atoms with E-state index >= 15 is 0 Å². The van der Waals surface area contributed by atoms with Crippen LogP contribution in [-0.2, 0) is 11.3 Å². The Labute approximate surface area is 177 Å². The third kappa shape index (κ3) is 4.50. The van der Waals surface area contributed by atoms with Gasteiger partial charge < -0.3 is 10.2 Å². The monoisotopic (exact) mass is 408 g/mol. The van der Waals surface area contributed by atoms with Gasteiger partial charge in [0, 0.05) is 16.5 Å². The second-order valence-corrected chi connectivity index (χ2v) is 9.21. The Kier molecular flexibility index (Phi) is 5.95. The van der Waals surface area contributed by atoms with Gasteiger partial charge in [0.05, 0.1) is 18.0 Å². The summed E-state index contributed by atoms with van der Waals surface area (Å²) >= 11 is 1.55. The van der Waals surface area contributed by atoms with Gasteiger partial charge >= 0.3 is 0 Å². The van der Waals surface area contributed by atoms with E-state index in [4.69, 9.17) is 0 Å². The van der Waals surface area contributed by atoms with E-state index in [1.165, 1.54) is 30.4 Å². The molecule has 0 radical (unpaired) electrons. The first-order valence-electron chi connectivity index (χ1n) is 10.5. The molecule has 2 aromatic rings. The van der Waals surface area contributed by atoms with Crippen LogP contribution >= 0.6 is 11.8 Å². The summed E-state index contributed by atoms with van der Waals surface area (Å²) in [5.74, 6) is 0.494. The van der Waals surface area contributed by atoms with Crippen molar-refractivity contribution in [1.29, 1.82) is 0 Å². The van der Waals surface area contributed by atoms with Crippen molar-refractivity contribution in [3.63, 3.8) is 0 Å². The van der Waals surface area contributed by atoms with Gasteiger partial charge in [-0.3, -0.25) is 9.59 Å². The number of aryl methyl sites for hydroxylation is 2. The number of carbonyl (C=O) groups is 2. The number of amides is 2. The number of thioether (sulfide) groups is 1. The second-order valence-electron chi connectivity index (χ2n) is 8.19. The van der Waals surface area contributed by atoms with Crippen molar-refractivity contribution in [3.8, 4) is 0 Å². The summed E-state index contributed by atoms with van der Waals surface area (Å²) < 4.78 is 0. The SMILES string of the molecule is Cc1ccc(C)c(CN2C(=O)CSc3ccc(C(=O)NC4CCCCC4)cc32)c1. The molecule has 0 bridgehead atoms. The molecule has 4 nitrogen and oxygen atoms in total. The highest BCUT2D eigenvalue weighted by atomic mass is 32.2. The number of rotatable bonds is 4. The molecule has 1 N–H and O–H groups in total. The molecular weight excluding hydrogens is 380 g/mol. The summed E-state index contributed by atoms with van der Waals surface area (Å²) in [6.45, 7) is 4.68. The van der Waals surface area contributed by atoms with Crippen molar-refractivity contribution in [2.45, 2.75) is 63.4 Å². The standard InChI is InChI=1S/C24H28N2O2S/c1-16-8-9-17(2)19(12-16)14-26-21-13-18(10-11-22(21)29-15-23(26)27)24(28)25-20-6-4-3-5-7-20/h8-13,20H,3-7,14-15H2,1-2H3,(H,25,28). The molecule has 1 saturated carbocycles. The van der Waals surface area contributed by atoms with E-state index in [0.29, 0.717) is 17.9 Å². The van der Waals surface area contributed by atoms with Gasteiger partial charge in [-0.2, -0.15) is 0 Å². The molecule has 4 rings (SSSR count). The van der Waals surface area contributed by atoms with Gasteiger partial charge in [-0.1, -0.05) is 43.0 Å². The van der Waals surface area contributed by atoms with Crippen LogP contribution < -0.4 is 10.2 Å². The van der Waals surface area contributed by atoms with Crippen LogP contribution in [0.1, 0.15) is 59.2 Å². The number of fused-ring (bicyclic) bond motifs is 1. The van der Waals surface area contributed by atoms with E-state index in [0.717, 1.165) is 29.0 Å². The topological polar surface area (TPSA) is 49.4 Å². The molecule has 0 unspecified atom stereocenters. The lowest BCUT2D eigenvalue weighted by atomic mass is 9.95. The fourth-order valence-electron chi connectivity index (χ4n) is 4.17. The minimum atomic E-state index is -0.0330. The molecule has 2 aliphatic rings. The molecule has 0 atom stereocenters. The third-order valence-corrected chi connectivity index (χ3v) is 6.99. The molecule has 2 aromatic carbocycles. The molecule has 2 amide bonds. The smallest absolute Gasteiger partial charge is 0.251 e. The number of carbonyl (C=O) groups excluding carboxylic acids is 2. The predicted molar refractivity (Wildman–Crippen MR) is 119 cm³/mol. The van der Waals surface area contributed by atoms with E-state index in [2.05, 4.69) is 37.4 Å². The highest BCUT2D eigenvalue weighted by molar-refractivity contribution is 8.00. The zero-order valence-electron chi connectivity index (χ0n) is 17.2. The zero-order valence-corrected chi connectivity index (χ0v) is 18.0. The lowest BCUT2D eigenvalue weighted by molar-refractivity contribution is -0.116. The number of benzene rings is 2. The molecule has 1 aliphatic heterocycles. The first kappa shape index (κ1) is 20.0. The first-order valence-corrected chi connectivity index (χ1v) is 11.4. The minimum absolute atomic E-state index is 0.0330. The van der Waals surface area contributed by atoms with Gasteiger partial charge in [-0.05, 0) is 56.0 Å². The van der Waals surface area contributed by atoms with Crippen LogP contribution in [0.25, 0.3) is 0 Å². The molecular formula is C24H28N2O2S. The number of nitrogens with zero attached hydrogens (tertiary/aromatic N) is 1. The van der Waals surface area contributed by atoms with Crippen LogP contribution in [0.2, 0.25) is 0 Å². The maximum absolute atomic E-state index is 12.8. The Morgan fingerprint density at radius 1 is 1.10 bits per heavy atom. The van der Waals surface area contributed by atoms with Crippen LogP contribution in [0, 0.1) is 13.8 Å². The summed E-state index contributed by atoms with van der Waals surface area (Å²) in [6, 6.07) is 12.4. The maximum atomic E-state index is 12.8. The molecule has 0 spiro atoms. The van der Waals surface area contributed by atoms with E-state index in [1.54, 1.807) is 11.8 Å². The van der Waals surface area contributed by atoms with Crippen molar-refractivity contribution in [2.24, 2.45) is 0 Å². The third-order valence-electron chi connectivity index (χ3n) is 5.94. The second kappa shape index (κ2) is 8.62. The fraction of sp³-hybridized carbons (Fsp3) is 0.417. The minimum Gasteiger partial charge on any atom is -0.349 e.